The number of rotatable bonds is 0. The molecule has 3 nitrogen and oxygen atoms in total. The SMILES string of the molecule is [O]=[SbH]([OH])[OH]. The van der Waals surface area contributed by atoms with Gasteiger partial charge >= 0.3 is 30.8 Å². The third-order valence-electron chi connectivity index (χ3n) is 0. The van der Waals surface area contributed by atoms with Crippen molar-refractivity contribution in [3.8, 4) is 0 Å². The van der Waals surface area contributed by atoms with Gasteiger partial charge in [0.15, 0.2) is 0 Å². The Bertz CT molecular complexity index is 26.3. The summed E-state index contributed by atoms with van der Waals surface area (Å²) in [4.78, 5) is 0. The van der Waals surface area contributed by atoms with Crippen LogP contribution in [-0.4, -0.2) is 27.8 Å². The molecule has 0 rings (SSSR count). The first-order chi connectivity index (χ1) is 1.73. The molecule has 0 bridgehead atoms. The Balaban J connectivity index is 2.80. The molecule has 0 aromatic rings. The summed E-state index contributed by atoms with van der Waals surface area (Å²) in [5.41, 5.74) is 0. The van der Waals surface area contributed by atoms with Crippen molar-refractivity contribution in [1.29, 1.82) is 0 Å². The van der Waals surface area contributed by atoms with Crippen LogP contribution in [0.15, 0.2) is 0 Å². The van der Waals surface area contributed by atoms with E-state index in [0.29, 0.717) is 0 Å². The van der Waals surface area contributed by atoms with E-state index in [1.54, 1.807) is 0 Å². The maximum atomic E-state index is 8.84. The maximum absolute atomic E-state index is 8.84. The molecule has 0 spiro atoms. The molecule has 0 aliphatic heterocycles. The molecule has 0 saturated carbocycles. The van der Waals surface area contributed by atoms with Crippen LogP contribution in [0.1, 0.15) is 0 Å². The van der Waals surface area contributed by atoms with Gasteiger partial charge < -0.3 is 0 Å². The van der Waals surface area contributed by atoms with E-state index in [0.717, 1.165) is 0 Å². The normalized spacial score (nSPS) is 8.75. The zero-order valence-electron chi connectivity index (χ0n) is 1.80. The fraction of sp³-hybridized carbons (Fsp3) is 0. The van der Waals surface area contributed by atoms with Crippen molar-refractivity contribution in [1.82, 2.24) is 0 Å². The van der Waals surface area contributed by atoms with Crippen molar-refractivity contribution >= 4 is 21.0 Å². The minimum absolute atomic E-state index is 3.79. The summed E-state index contributed by atoms with van der Waals surface area (Å²) in [6.45, 7) is 0. The fourth-order valence-electron chi connectivity index (χ4n) is 0. The van der Waals surface area contributed by atoms with Crippen LogP contribution in [0.4, 0.5) is 0 Å². The van der Waals surface area contributed by atoms with Crippen LogP contribution in [0.3, 0.4) is 0 Å². The summed E-state index contributed by atoms with van der Waals surface area (Å²) in [5, 5.41) is 0. The van der Waals surface area contributed by atoms with E-state index in [9.17, 15) is 0 Å². The van der Waals surface area contributed by atoms with E-state index in [1.807, 2.05) is 0 Å². The number of hydrogen-bond donors (Lipinski definition) is 2. The molecule has 0 atom stereocenters. The third kappa shape index (κ3) is 20.7. The van der Waals surface area contributed by atoms with Crippen LogP contribution in [0.2, 0.25) is 0 Å². The van der Waals surface area contributed by atoms with Crippen molar-refractivity contribution in [2.24, 2.45) is 0 Å². The Morgan fingerprint density at radius 1 is 1.50 bits per heavy atom. The van der Waals surface area contributed by atoms with E-state index in [2.05, 4.69) is 0 Å². The molecule has 2 N–H and O–H groups in total. The van der Waals surface area contributed by atoms with Crippen molar-refractivity contribution in [3.63, 3.8) is 0 Å². The topological polar surface area (TPSA) is 57.5 Å². The van der Waals surface area contributed by atoms with E-state index in [-0.39, 0.29) is 0 Å². The predicted octanol–water partition coefficient (Wildman–Crippen LogP) is -1.88. The predicted molar refractivity (Wildman–Crippen MR) is 12.3 cm³/mol. The Kier molecular flexibility index (Phi) is 2.07. The molecule has 4 heteroatoms. The van der Waals surface area contributed by atoms with E-state index < -0.39 is 21.0 Å². The van der Waals surface area contributed by atoms with Crippen LogP contribution in [0.5, 0.6) is 0 Å². The monoisotopic (exact) mass is 172 g/mol. The van der Waals surface area contributed by atoms with Gasteiger partial charge in [0.1, 0.15) is 0 Å². The molecular formula is H3O3Sb. The number of hydrogen-bond acceptors (Lipinski definition) is 1. The molecule has 4 heavy (non-hydrogen) atoms. The zero-order chi connectivity index (χ0) is 3.58. The van der Waals surface area contributed by atoms with E-state index in [1.165, 1.54) is 0 Å². The molecule has 0 saturated heterocycles. The molecular weight excluding hydrogens is 170 g/mol. The first-order valence-electron chi connectivity index (χ1n) is 0.651. The van der Waals surface area contributed by atoms with Crippen LogP contribution in [-0.2, 0) is 3.02 Å². The van der Waals surface area contributed by atoms with Gasteiger partial charge in [-0.15, -0.1) is 0 Å². The first-order valence-corrected chi connectivity index (χ1v) is 4.37. The summed E-state index contributed by atoms with van der Waals surface area (Å²) >= 11 is -3.79. The Morgan fingerprint density at radius 3 is 1.50 bits per heavy atom. The fourth-order valence-corrected chi connectivity index (χ4v) is 0. The van der Waals surface area contributed by atoms with Gasteiger partial charge in [-0.1, -0.05) is 0 Å². The van der Waals surface area contributed by atoms with Gasteiger partial charge in [0.05, 0.1) is 0 Å². The molecule has 0 fully saturated rings. The second-order valence-corrected chi connectivity index (χ2v) is 1.90. The summed E-state index contributed by atoms with van der Waals surface area (Å²) in [5.74, 6) is 0. The van der Waals surface area contributed by atoms with Crippen molar-refractivity contribution in [3.05, 3.63) is 0 Å². The quantitative estimate of drug-likeness (QED) is 0.421. The second kappa shape index (κ2) is 1.82. The van der Waals surface area contributed by atoms with E-state index in [4.69, 9.17) is 9.79 Å². The molecule has 26 valence electrons. The van der Waals surface area contributed by atoms with Gasteiger partial charge in [-0.25, -0.2) is 0 Å². The van der Waals surface area contributed by atoms with Gasteiger partial charge in [0.25, 0.3) is 0 Å². The average molecular weight is 173 g/mol. The van der Waals surface area contributed by atoms with Gasteiger partial charge in [0.2, 0.25) is 0 Å². The molecule has 0 heterocycles. The van der Waals surface area contributed by atoms with Crippen LogP contribution >= 0.6 is 0 Å². The van der Waals surface area contributed by atoms with Crippen molar-refractivity contribution in [2.75, 3.05) is 0 Å². The van der Waals surface area contributed by atoms with Crippen molar-refractivity contribution < 1.29 is 9.79 Å². The summed E-state index contributed by atoms with van der Waals surface area (Å²) in [6.07, 6.45) is 0. The van der Waals surface area contributed by atoms with Gasteiger partial charge in [-0.05, 0) is 0 Å². The minimum atomic E-state index is -3.79. The molecule has 0 aromatic heterocycles. The van der Waals surface area contributed by atoms with E-state index >= 15 is 0 Å². The average Bonchev–Trinajstić information content (AvgIpc) is 0.811. The van der Waals surface area contributed by atoms with Gasteiger partial charge in [0, 0.05) is 0 Å². The zero-order valence-corrected chi connectivity index (χ0v) is 4.66. The Labute approximate surface area is 31.4 Å². The molecule has 0 aliphatic carbocycles. The Hall–Kier alpha value is 0.538. The van der Waals surface area contributed by atoms with Gasteiger partial charge in [-0.2, -0.15) is 0 Å². The molecule has 0 unspecified atom stereocenters. The van der Waals surface area contributed by atoms with Gasteiger partial charge in [-0.3, -0.25) is 0 Å². The molecule has 0 radical (unpaired) electrons. The molecule has 0 aromatic carbocycles. The summed E-state index contributed by atoms with van der Waals surface area (Å²) < 4.78 is 23.3. The molecule has 0 aliphatic rings. The standard InChI is InChI=1S/2H2O.O.Sb.H/h2*1H2;;;/q;;;+2;/p-2. The van der Waals surface area contributed by atoms with Crippen LogP contribution in [0.25, 0.3) is 0 Å². The van der Waals surface area contributed by atoms with Crippen LogP contribution < -0.4 is 0 Å². The molecule has 0 amide bonds. The van der Waals surface area contributed by atoms with Crippen molar-refractivity contribution in [2.45, 2.75) is 0 Å². The summed E-state index contributed by atoms with van der Waals surface area (Å²) in [7, 11) is 0. The Morgan fingerprint density at radius 2 is 1.50 bits per heavy atom. The second-order valence-electron chi connectivity index (χ2n) is 0.283. The first kappa shape index (κ1) is 4.54. The summed E-state index contributed by atoms with van der Waals surface area (Å²) in [6, 6.07) is 0. The third-order valence-corrected chi connectivity index (χ3v) is 0. The van der Waals surface area contributed by atoms with Crippen LogP contribution in [0, 0.1) is 0 Å².